The van der Waals surface area contributed by atoms with Gasteiger partial charge in [-0.15, -0.1) is 0 Å². The molecule has 0 saturated carbocycles. The van der Waals surface area contributed by atoms with E-state index in [1.54, 1.807) is 50.1 Å². The van der Waals surface area contributed by atoms with Gasteiger partial charge >= 0.3 is 12.1 Å². The second kappa shape index (κ2) is 14.1. The lowest BCUT2D eigenvalue weighted by atomic mass is 10.2. The normalized spacial score (nSPS) is 13.8. The molecule has 12 heteroatoms. The fourth-order valence-corrected chi connectivity index (χ4v) is 4.10. The largest absolute Gasteiger partial charge is 0.482 e. The van der Waals surface area contributed by atoms with E-state index in [-0.39, 0.29) is 12.7 Å². The van der Waals surface area contributed by atoms with Gasteiger partial charge in [0.25, 0.3) is 0 Å². The van der Waals surface area contributed by atoms with Crippen LogP contribution in [0.4, 0.5) is 16.4 Å². The summed E-state index contributed by atoms with van der Waals surface area (Å²) >= 11 is 0. The SMILES string of the molecule is CC(C)(C)OC(=O)COc1cccc(Nc2ncnc(-c3ccnc(C#CCN4CCN(C(=O)OC(C)(C)C)CC4)c3)n2)c1. The number of hydrogen-bond donors (Lipinski definition) is 1. The van der Waals surface area contributed by atoms with Gasteiger partial charge in [-0.25, -0.2) is 24.5 Å². The van der Waals surface area contributed by atoms with Gasteiger partial charge in [0.1, 0.15) is 29.0 Å². The number of amides is 1. The molecule has 1 saturated heterocycles. The van der Waals surface area contributed by atoms with Crippen LogP contribution in [-0.4, -0.2) is 92.3 Å². The number of hydrogen-bond acceptors (Lipinski definition) is 11. The highest BCUT2D eigenvalue weighted by Crippen LogP contribution is 2.22. The molecule has 44 heavy (non-hydrogen) atoms. The predicted octanol–water partition coefficient (Wildman–Crippen LogP) is 4.30. The smallest absolute Gasteiger partial charge is 0.410 e. The summed E-state index contributed by atoms with van der Waals surface area (Å²) in [7, 11) is 0. The number of aromatic nitrogens is 4. The highest BCUT2D eigenvalue weighted by molar-refractivity contribution is 5.71. The van der Waals surface area contributed by atoms with E-state index < -0.39 is 17.2 Å². The highest BCUT2D eigenvalue weighted by atomic mass is 16.6. The quantitative estimate of drug-likeness (QED) is 0.307. The summed E-state index contributed by atoms with van der Waals surface area (Å²) in [5, 5.41) is 3.15. The molecule has 0 unspecified atom stereocenters. The Morgan fingerprint density at radius 1 is 0.932 bits per heavy atom. The van der Waals surface area contributed by atoms with Gasteiger partial charge in [-0.05, 0) is 71.7 Å². The second-order valence-corrected chi connectivity index (χ2v) is 12.1. The van der Waals surface area contributed by atoms with Gasteiger partial charge in [-0.2, -0.15) is 4.98 Å². The molecule has 0 aliphatic carbocycles. The molecule has 1 amide bonds. The molecule has 232 valence electrons. The van der Waals surface area contributed by atoms with Crippen molar-refractivity contribution in [1.29, 1.82) is 0 Å². The summed E-state index contributed by atoms with van der Waals surface area (Å²) in [4.78, 5) is 45.7. The number of pyridine rings is 1. The van der Waals surface area contributed by atoms with Gasteiger partial charge in [0.2, 0.25) is 5.95 Å². The van der Waals surface area contributed by atoms with Crippen molar-refractivity contribution < 1.29 is 23.8 Å². The molecule has 2 aromatic heterocycles. The standard InChI is InChI=1S/C32H39N7O5/c1-31(2,3)43-27(40)21-42-26-11-7-9-25(20-26)36-29-35-22-34-28(37-29)23-12-13-33-24(19-23)10-8-14-38-15-17-39(18-16-38)30(41)44-32(4,5)6/h7,9,11-13,19-20,22H,14-18,21H2,1-6H3,(H,34,35,36,37). The summed E-state index contributed by atoms with van der Waals surface area (Å²) in [6, 6.07) is 10.8. The molecule has 3 heterocycles. The second-order valence-electron chi connectivity index (χ2n) is 12.1. The molecule has 0 spiro atoms. The molecule has 1 N–H and O–H groups in total. The maximum Gasteiger partial charge on any atom is 0.410 e. The third-order valence-corrected chi connectivity index (χ3v) is 6.00. The Morgan fingerprint density at radius 2 is 1.68 bits per heavy atom. The third kappa shape index (κ3) is 10.5. The summed E-state index contributed by atoms with van der Waals surface area (Å²) in [6.07, 6.45) is 2.82. The lowest BCUT2D eigenvalue weighted by Gasteiger charge is -2.34. The van der Waals surface area contributed by atoms with Crippen molar-refractivity contribution in [3.63, 3.8) is 0 Å². The van der Waals surface area contributed by atoms with E-state index in [4.69, 9.17) is 14.2 Å². The minimum atomic E-state index is -0.579. The Morgan fingerprint density at radius 3 is 2.41 bits per heavy atom. The van der Waals surface area contributed by atoms with Gasteiger partial charge in [0.15, 0.2) is 12.4 Å². The summed E-state index contributed by atoms with van der Waals surface area (Å²) in [5.74, 6) is 7.16. The number of benzene rings is 1. The van der Waals surface area contributed by atoms with Crippen molar-refractivity contribution in [3.8, 4) is 29.0 Å². The maximum atomic E-state index is 12.3. The number of nitrogens with one attached hydrogen (secondary N) is 1. The molecule has 0 bridgehead atoms. The van der Waals surface area contributed by atoms with Crippen LogP contribution in [0, 0.1) is 11.8 Å². The maximum absolute atomic E-state index is 12.3. The van der Waals surface area contributed by atoms with E-state index in [0.29, 0.717) is 48.5 Å². The van der Waals surface area contributed by atoms with Crippen LogP contribution < -0.4 is 10.1 Å². The van der Waals surface area contributed by atoms with Crippen molar-refractivity contribution in [3.05, 3.63) is 54.6 Å². The number of carbonyl (C=O) groups is 2. The van der Waals surface area contributed by atoms with E-state index in [1.165, 1.54) is 6.33 Å². The minimum Gasteiger partial charge on any atom is -0.482 e. The van der Waals surface area contributed by atoms with Crippen LogP contribution in [0.1, 0.15) is 47.2 Å². The van der Waals surface area contributed by atoms with Crippen LogP contribution in [0.2, 0.25) is 0 Å². The van der Waals surface area contributed by atoms with Crippen molar-refractivity contribution in [1.82, 2.24) is 29.7 Å². The molecule has 12 nitrogen and oxygen atoms in total. The molecule has 1 aliphatic rings. The van der Waals surface area contributed by atoms with Crippen molar-refractivity contribution in [2.24, 2.45) is 0 Å². The fourth-order valence-electron chi connectivity index (χ4n) is 4.10. The molecule has 1 aliphatic heterocycles. The Balaban J connectivity index is 1.32. The van der Waals surface area contributed by atoms with Crippen molar-refractivity contribution in [2.75, 3.05) is 44.6 Å². The first kappa shape index (κ1) is 32.2. The zero-order valence-electron chi connectivity index (χ0n) is 26.1. The molecule has 1 aromatic carbocycles. The Hall–Kier alpha value is -4.76. The van der Waals surface area contributed by atoms with Gasteiger partial charge in [0, 0.05) is 49.7 Å². The number of esters is 1. The molecule has 1 fully saturated rings. The third-order valence-electron chi connectivity index (χ3n) is 6.00. The number of anilines is 2. The van der Waals surface area contributed by atoms with E-state index >= 15 is 0 Å². The summed E-state index contributed by atoms with van der Waals surface area (Å²) in [6.45, 7) is 14.0. The van der Waals surface area contributed by atoms with E-state index in [0.717, 1.165) is 18.7 Å². The Labute approximate surface area is 258 Å². The molecular formula is C32H39N7O5. The van der Waals surface area contributed by atoms with E-state index in [9.17, 15) is 9.59 Å². The van der Waals surface area contributed by atoms with Crippen LogP contribution in [0.25, 0.3) is 11.4 Å². The number of carbonyl (C=O) groups excluding carboxylic acids is 2. The van der Waals surface area contributed by atoms with Crippen molar-refractivity contribution >= 4 is 23.7 Å². The molecule has 4 rings (SSSR count). The Kier molecular flexibility index (Phi) is 10.3. The van der Waals surface area contributed by atoms with Crippen LogP contribution in [0.15, 0.2) is 48.9 Å². The predicted molar refractivity (Wildman–Crippen MR) is 165 cm³/mol. The van der Waals surface area contributed by atoms with Crippen LogP contribution >= 0.6 is 0 Å². The summed E-state index contributed by atoms with van der Waals surface area (Å²) < 4.78 is 16.3. The minimum absolute atomic E-state index is 0.200. The zero-order chi connectivity index (χ0) is 31.7. The first-order valence-corrected chi connectivity index (χ1v) is 14.4. The van der Waals surface area contributed by atoms with Crippen LogP contribution in [0.5, 0.6) is 5.75 Å². The first-order valence-electron chi connectivity index (χ1n) is 14.4. The van der Waals surface area contributed by atoms with Gasteiger partial charge in [-0.1, -0.05) is 12.0 Å². The lowest BCUT2D eigenvalue weighted by Crippen LogP contribution is -2.50. The fraction of sp³-hybridized carbons (Fsp3) is 0.438. The van der Waals surface area contributed by atoms with Crippen LogP contribution in [0.3, 0.4) is 0 Å². The monoisotopic (exact) mass is 601 g/mol. The molecular weight excluding hydrogens is 562 g/mol. The van der Waals surface area contributed by atoms with Gasteiger partial charge in [-0.3, -0.25) is 4.90 Å². The lowest BCUT2D eigenvalue weighted by molar-refractivity contribution is -0.157. The zero-order valence-corrected chi connectivity index (χ0v) is 26.1. The topological polar surface area (TPSA) is 132 Å². The van der Waals surface area contributed by atoms with Gasteiger partial charge in [0.05, 0.1) is 6.54 Å². The number of rotatable bonds is 7. The first-order chi connectivity index (χ1) is 20.8. The molecule has 3 aromatic rings. The Bertz CT molecular complexity index is 1510. The molecule has 0 atom stereocenters. The number of ether oxygens (including phenoxy) is 3. The average molecular weight is 602 g/mol. The van der Waals surface area contributed by atoms with E-state index in [1.807, 2.05) is 39.0 Å². The highest BCUT2D eigenvalue weighted by Gasteiger charge is 2.25. The van der Waals surface area contributed by atoms with E-state index in [2.05, 4.69) is 42.0 Å². The van der Waals surface area contributed by atoms with Gasteiger partial charge < -0.3 is 24.4 Å². The number of nitrogens with zero attached hydrogens (tertiary/aromatic N) is 6. The van der Waals surface area contributed by atoms with Crippen LogP contribution in [-0.2, 0) is 14.3 Å². The summed E-state index contributed by atoms with van der Waals surface area (Å²) in [5.41, 5.74) is 0.935. The number of piperazine rings is 1. The molecule has 0 radical (unpaired) electrons. The average Bonchev–Trinajstić information content (AvgIpc) is 2.95. The van der Waals surface area contributed by atoms with Crippen molar-refractivity contribution in [2.45, 2.75) is 52.7 Å².